The molecular formula is C16H24BrClN2O. The van der Waals surface area contributed by atoms with Crippen molar-refractivity contribution in [3.8, 4) is 0 Å². The Morgan fingerprint density at radius 2 is 2.00 bits per heavy atom. The number of halogens is 2. The highest BCUT2D eigenvalue weighted by Gasteiger charge is 2.38. The summed E-state index contributed by atoms with van der Waals surface area (Å²) < 4.78 is 1.09. The van der Waals surface area contributed by atoms with E-state index in [-0.39, 0.29) is 29.8 Å². The molecule has 1 amide bonds. The molecule has 21 heavy (non-hydrogen) atoms. The molecule has 1 saturated carbocycles. The molecule has 0 aliphatic heterocycles. The summed E-state index contributed by atoms with van der Waals surface area (Å²) in [5.41, 5.74) is 7.16. The second kappa shape index (κ2) is 8.16. The first kappa shape index (κ1) is 18.5. The molecular weight excluding hydrogens is 352 g/mol. The number of carbonyl (C=O) groups excluding carboxylic acids is 1. The van der Waals surface area contributed by atoms with Crippen molar-refractivity contribution in [2.45, 2.75) is 50.5 Å². The fraction of sp³-hybridized carbons (Fsp3) is 0.562. The van der Waals surface area contributed by atoms with E-state index in [0.29, 0.717) is 6.42 Å². The lowest BCUT2D eigenvalue weighted by Gasteiger charge is -2.42. The van der Waals surface area contributed by atoms with E-state index in [2.05, 4.69) is 45.5 Å². The molecule has 0 saturated heterocycles. The molecule has 118 valence electrons. The molecule has 0 aromatic heterocycles. The summed E-state index contributed by atoms with van der Waals surface area (Å²) in [6, 6.07) is 8.57. The standard InChI is InChI=1S/C16H23BrN2O.ClH/c1-12(18)3-8-15(20)19-11-16(9-2-10-16)13-4-6-14(17)7-5-13;/h4-7,12H,2-3,8-11,18H2,1H3,(H,19,20);1H. The monoisotopic (exact) mass is 374 g/mol. The minimum atomic E-state index is 0. The Morgan fingerprint density at radius 3 is 2.48 bits per heavy atom. The number of hydrogen-bond acceptors (Lipinski definition) is 2. The lowest BCUT2D eigenvalue weighted by molar-refractivity contribution is -0.121. The van der Waals surface area contributed by atoms with Crippen LogP contribution < -0.4 is 11.1 Å². The molecule has 1 aliphatic carbocycles. The van der Waals surface area contributed by atoms with Crippen LogP contribution >= 0.6 is 28.3 Å². The minimum Gasteiger partial charge on any atom is -0.355 e. The number of rotatable bonds is 6. The summed E-state index contributed by atoms with van der Waals surface area (Å²) in [4.78, 5) is 11.8. The predicted molar refractivity (Wildman–Crippen MR) is 92.8 cm³/mol. The Bertz CT molecular complexity index is 458. The summed E-state index contributed by atoms with van der Waals surface area (Å²) in [6.07, 6.45) is 4.82. The van der Waals surface area contributed by atoms with Crippen molar-refractivity contribution in [3.63, 3.8) is 0 Å². The predicted octanol–water partition coefficient (Wildman–Crippen LogP) is 3.54. The Balaban J connectivity index is 0.00000220. The topological polar surface area (TPSA) is 55.1 Å². The van der Waals surface area contributed by atoms with Gasteiger partial charge in [-0.05, 0) is 43.9 Å². The highest BCUT2D eigenvalue weighted by Crippen LogP contribution is 2.43. The van der Waals surface area contributed by atoms with E-state index in [0.717, 1.165) is 30.3 Å². The molecule has 0 spiro atoms. The largest absolute Gasteiger partial charge is 0.355 e. The maximum Gasteiger partial charge on any atom is 0.220 e. The van der Waals surface area contributed by atoms with Crippen LogP contribution in [0.3, 0.4) is 0 Å². The molecule has 3 nitrogen and oxygen atoms in total. The van der Waals surface area contributed by atoms with Crippen molar-refractivity contribution < 1.29 is 4.79 Å². The SMILES string of the molecule is CC(N)CCC(=O)NCC1(c2ccc(Br)cc2)CCC1.Cl. The van der Waals surface area contributed by atoms with Gasteiger partial charge in [0.05, 0.1) is 0 Å². The lowest BCUT2D eigenvalue weighted by Crippen LogP contribution is -2.45. The smallest absolute Gasteiger partial charge is 0.220 e. The number of nitrogens with one attached hydrogen (secondary N) is 1. The van der Waals surface area contributed by atoms with Crippen LogP contribution in [0.2, 0.25) is 0 Å². The Hall–Kier alpha value is -0.580. The van der Waals surface area contributed by atoms with Crippen LogP contribution in [0.15, 0.2) is 28.7 Å². The van der Waals surface area contributed by atoms with E-state index in [1.165, 1.54) is 12.0 Å². The van der Waals surface area contributed by atoms with E-state index in [9.17, 15) is 4.79 Å². The molecule has 1 aromatic rings. The van der Waals surface area contributed by atoms with Gasteiger partial charge in [0, 0.05) is 28.9 Å². The number of nitrogens with two attached hydrogens (primary N) is 1. The first-order valence-corrected chi connectivity index (χ1v) is 8.09. The zero-order valence-corrected chi connectivity index (χ0v) is 14.8. The van der Waals surface area contributed by atoms with Crippen molar-refractivity contribution in [3.05, 3.63) is 34.3 Å². The average Bonchev–Trinajstić information content (AvgIpc) is 2.37. The van der Waals surface area contributed by atoms with Gasteiger partial charge in [0.15, 0.2) is 0 Å². The van der Waals surface area contributed by atoms with Gasteiger partial charge >= 0.3 is 0 Å². The van der Waals surface area contributed by atoms with E-state index < -0.39 is 0 Å². The highest BCUT2D eigenvalue weighted by atomic mass is 79.9. The van der Waals surface area contributed by atoms with Gasteiger partial charge in [-0.15, -0.1) is 12.4 Å². The third-order valence-electron chi connectivity index (χ3n) is 4.22. The van der Waals surface area contributed by atoms with Crippen molar-refractivity contribution in [1.29, 1.82) is 0 Å². The Morgan fingerprint density at radius 1 is 1.38 bits per heavy atom. The fourth-order valence-corrected chi connectivity index (χ4v) is 2.95. The first-order chi connectivity index (χ1) is 9.52. The van der Waals surface area contributed by atoms with Crippen LogP contribution in [0.25, 0.3) is 0 Å². The number of amides is 1. The normalized spacial score (nSPS) is 17.3. The molecule has 1 atom stereocenters. The molecule has 1 fully saturated rings. The maximum atomic E-state index is 11.8. The van der Waals surface area contributed by atoms with E-state index in [1.807, 2.05) is 6.92 Å². The molecule has 0 heterocycles. The summed E-state index contributed by atoms with van der Waals surface area (Å²) in [5, 5.41) is 3.09. The van der Waals surface area contributed by atoms with Crippen molar-refractivity contribution >= 4 is 34.2 Å². The van der Waals surface area contributed by atoms with Gasteiger partial charge in [0.2, 0.25) is 5.91 Å². The Kier molecular flexibility index (Phi) is 7.17. The van der Waals surface area contributed by atoms with Crippen LogP contribution in [0.1, 0.15) is 44.6 Å². The van der Waals surface area contributed by atoms with E-state index in [1.54, 1.807) is 0 Å². The van der Waals surface area contributed by atoms with Gasteiger partial charge in [-0.25, -0.2) is 0 Å². The number of hydrogen-bond donors (Lipinski definition) is 2. The summed E-state index contributed by atoms with van der Waals surface area (Å²) >= 11 is 3.47. The second-order valence-electron chi connectivity index (χ2n) is 5.93. The van der Waals surface area contributed by atoms with E-state index in [4.69, 9.17) is 5.73 Å². The molecule has 1 unspecified atom stereocenters. The fourth-order valence-electron chi connectivity index (χ4n) is 2.69. The van der Waals surface area contributed by atoms with Crippen molar-refractivity contribution in [2.24, 2.45) is 5.73 Å². The molecule has 2 rings (SSSR count). The van der Waals surface area contributed by atoms with Crippen molar-refractivity contribution in [1.82, 2.24) is 5.32 Å². The summed E-state index contributed by atoms with van der Waals surface area (Å²) in [7, 11) is 0. The first-order valence-electron chi connectivity index (χ1n) is 7.30. The van der Waals surface area contributed by atoms with Gasteiger partial charge in [-0.3, -0.25) is 4.79 Å². The molecule has 1 aromatic carbocycles. The third-order valence-corrected chi connectivity index (χ3v) is 4.75. The summed E-state index contributed by atoms with van der Waals surface area (Å²) in [5.74, 6) is 0.116. The van der Waals surface area contributed by atoms with Gasteiger partial charge in [-0.2, -0.15) is 0 Å². The van der Waals surface area contributed by atoms with Crippen LogP contribution in [0.4, 0.5) is 0 Å². The maximum absolute atomic E-state index is 11.8. The quantitative estimate of drug-likeness (QED) is 0.799. The van der Waals surface area contributed by atoms with Gasteiger partial charge in [0.25, 0.3) is 0 Å². The zero-order chi connectivity index (χ0) is 14.6. The van der Waals surface area contributed by atoms with Gasteiger partial charge < -0.3 is 11.1 Å². The average molecular weight is 376 g/mol. The van der Waals surface area contributed by atoms with E-state index >= 15 is 0 Å². The minimum absolute atomic E-state index is 0. The van der Waals surface area contributed by atoms with Gasteiger partial charge in [-0.1, -0.05) is 34.5 Å². The Labute approximate surface area is 141 Å². The highest BCUT2D eigenvalue weighted by molar-refractivity contribution is 9.10. The molecule has 3 N–H and O–H groups in total. The zero-order valence-electron chi connectivity index (χ0n) is 12.4. The number of carbonyl (C=O) groups is 1. The van der Waals surface area contributed by atoms with Crippen molar-refractivity contribution in [2.75, 3.05) is 6.54 Å². The van der Waals surface area contributed by atoms with Crippen LogP contribution in [0, 0.1) is 0 Å². The molecule has 5 heteroatoms. The molecule has 0 bridgehead atoms. The molecule has 0 radical (unpaired) electrons. The number of benzene rings is 1. The van der Waals surface area contributed by atoms with Crippen LogP contribution in [0.5, 0.6) is 0 Å². The second-order valence-corrected chi connectivity index (χ2v) is 6.85. The summed E-state index contributed by atoms with van der Waals surface area (Å²) in [6.45, 7) is 2.68. The molecule has 1 aliphatic rings. The third kappa shape index (κ3) is 4.97. The van der Waals surface area contributed by atoms with Gasteiger partial charge in [0.1, 0.15) is 0 Å². The van der Waals surface area contributed by atoms with Crippen LogP contribution in [-0.4, -0.2) is 18.5 Å². The van der Waals surface area contributed by atoms with Crippen LogP contribution in [-0.2, 0) is 10.2 Å². The lowest BCUT2D eigenvalue weighted by atomic mass is 9.64.